The van der Waals surface area contributed by atoms with E-state index < -0.39 is 18.0 Å². The molecule has 1 heterocycles. The van der Waals surface area contributed by atoms with E-state index in [-0.39, 0.29) is 5.78 Å². The molecule has 166 valence electrons. The second kappa shape index (κ2) is 9.08. The third-order valence-corrected chi connectivity index (χ3v) is 5.28. The van der Waals surface area contributed by atoms with Crippen molar-refractivity contribution in [2.75, 3.05) is 5.32 Å². The summed E-state index contributed by atoms with van der Waals surface area (Å²) in [5.41, 5.74) is 3.88. The van der Waals surface area contributed by atoms with Crippen LogP contribution in [-0.4, -0.2) is 33.3 Å². The van der Waals surface area contributed by atoms with Gasteiger partial charge < -0.3 is 10.1 Å². The lowest BCUT2D eigenvalue weighted by atomic mass is 10.1. The van der Waals surface area contributed by atoms with E-state index in [9.17, 15) is 14.4 Å². The number of ether oxygens (including phenoxy) is 1. The molecule has 3 aromatic carbocycles. The van der Waals surface area contributed by atoms with Crippen LogP contribution in [0.4, 0.5) is 5.69 Å². The highest BCUT2D eigenvalue weighted by Gasteiger charge is 2.20. The predicted octanol–water partition coefficient (Wildman–Crippen LogP) is 4.72. The summed E-state index contributed by atoms with van der Waals surface area (Å²) < 4.78 is 7.38. The maximum absolute atomic E-state index is 12.7. The maximum atomic E-state index is 12.7. The van der Waals surface area contributed by atoms with Crippen LogP contribution < -0.4 is 5.32 Å². The van der Waals surface area contributed by atoms with Crippen molar-refractivity contribution in [3.8, 4) is 5.69 Å². The molecule has 0 saturated heterocycles. The first kappa shape index (κ1) is 22.0. The average Bonchev–Trinajstić information content (AvgIpc) is 3.14. The van der Waals surface area contributed by atoms with Crippen LogP contribution in [0.15, 0.2) is 72.8 Å². The fourth-order valence-electron chi connectivity index (χ4n) is 3.54. The molecule has 0 bridgehead atoms. The van der Waals surface area contributed by atoms with Crippen molar-refractivity contribution in [1.82, 2.24) is 9.55 Å². The molecule has 7 nitrogen and oxygen atoms in total. The van der Waals surface area contributed by atoms with Gasteiger partial charge in [0.25, 0.3) is 5.91 Å². The third-order valence-electron chi connectivity index (χ3n) is 5.28. The standard InChI is InChI=1S/C26H23N3O4/c1-16(30)19-9-12-21(13-10-19)28-25(31)17(2)33-26(32)20-11-14-24-23(15-20)27-18(3)29(24)22-7-5-4-6-8-22/h4-15,17H,1-3H3,(H,28,31)/t17-/m0/s1. The minimum Gasteiger partial charge on any atom is -0.449 e. The van der Waals surface area contributed by atoms with Gasteiger partial charge in [-0.2, -0.15) is 0 Å². The van der Waals surface area contributed by atoms with E-state index in [1.165, 1.54) is 13.8 Å². The van der Waals surface area contributed by atoms with Gasteiger partial charge in [-0.05, 0) is 75.4 Å². The van der Waals surface area contributed by atoms with Gasteiger partial charge >= 0.3 is 5.97 Å². The quantitative estimate of drug-likeness (QED) is 0.345. The number of benzene rings is 3. The van der Waals surface area contributed by atoms with E-state index in [0.29, 0.717) is 22.3 Å². The minimum absolute atomic E-state index is 0.0593. The van der Waals surface area contributed by atoms with Gasteiger partial charge in [-0.1, -0.05) is 18.2 Å². The van der Waals surface area contributed by atoms with Crippen molar-refractivity contribution >= 4 is 34.4 Å². The molecule has 1 aromatic heterocycles. The molecule has 0 spiro atoms. The van der Waals surface area contributed by atoms with Crippen molar-refractivity contribution in [3.63, 3.8) is 0 Å². The lowest BCUT2D eigenvalue weighted by Gasteiger charge is -2.14. The van der Waals surface area contributed by atoms with Crippen LogP contribution in [0, 0.1) is 6.92 Å². The van der Waals surface area contributed by atoms with Crippen LogP contribution in [0.5, 0.6) is 0 Å². The minimum atomic E-state index is -1.01. The fraction of sp³-hybridized carbons (Fsp3) is 0.154. The number of esters is 1. The van der Waals surface area contributed by atoms with Crippen LogP contribution in [-0.2, 0) is 9.53 Å². The lowest BCUT2D eigenvalue weighted by Crippen LogP contribution is -2.30. The van der Waals surface area contributed by atoms with Crippen molar-refractivity contribution < 1.29 is 19.1 Å². The number of aromatic nitrogens is 2. The molecule has 0 aliphatic heterocycles. The number of carbonyl (C=O) groups is 3. The van der Waals surface area contributed by atoms with E-state index in [1.54, 1.807) is 36.4 Å². The van der Waals surface area contributed by atoms with Crippen LogP contribution >= 0.6 is 0 Å². The number of rotatable bonds is 6. The summed E-state index contributed by atoms with van der Waals surface area (Å²) in [6, 6.07) is 21.5. The van der Waals surface area contributed by atoms with E-state index in [2.05, 4.69) is 10.3 Å². The van der Waals surface area contributed by atoms with E-state index in [1.807, 2.05) is 47.9 Å². The van der Waals surface area contributed by atoms with Gasteiger partial charge in [-0.3, -0.25) is 14.2 Å². The van der Waals surface area contributed by atoms with Crippen LogP contribution in [0.3, 0.4) is 0 Å². The Morgan fingerprint density at radius 3 is 2.27 bits per heavy atom. The molecule has 1 N–H and O–H groups in total. The second-order valence-corrected chi connectivity index (χ2v) is 7.70. The van der Waals surface area contributed by atoms with E-state index in [4.69, 9.17) is 4.74 Å². The summed E-state index contributed by atoms with van der Waals surface area (Å²) in [6.45, 7) is 4.88. The third kappa shape index (κ3) is 4.67. The molecule has 4 aromatic rings. The fourth-order valence-corrected chi connectivity index (χ4v) is 3.54. The number of nitrogens with zero attached hydrogens (tertiary/aromatic N) is 2. The summed E-state index contributed by atoms with van der Waals surface area (Å²) in [4.78, 5) is 41.0. The summed E-state index contributed by atoms with van der Waals surface area (Å²) in [5.74, 6) is -0.344. The number of hydrogen-bond acceptors (Lipinski definition) is 5. The van der Waals surface area contributed by atoms with E-state index >= 15 is 0 Å². The normalized spacial score (nSPS) is 11.7. The number of ketones is 1. The molecular weight excluding hydrogens is 418 g/mol. The van der Waals surface area contributed by atoms with Crippen molar-refractivity contribution in [2.24, 2.45) is 0 Å². The number of hydrogen-bond donors (Lipinski definition) is 1. The summed E-state index contributed by atoms with van der Waals surface area (Å²) >= 11 is 0. The molecule has 7 heteroatoms. The summed E-state index contributed by atoms with van der Waals surface area (Å²) in [7, 11) is 0. The highest BCUT2D eigenvalue weighted by Crippen LogP contribution is 2.23. The number of anilines is 1. The Labute approximate surface area is 191 Å². The van der Waals surface area contributed by atoms with Crippen molar-refractivity contribution in [3.05, 3.63) is 89.7 Å². The average molecular weight is 441 g/mol. The van der Waals surface area contributed by atoms with Gasteiger partial charge in [0, 0.05) is 16.9 Å². The Hall–Kier alpha value is -4.26. The van der Waals surface area contributed by atoms with Gasteiger partial charge in [0.05, 0.1) is 16.6 Å². The van der Waals surface area contributed by atoms with Gasteiger partial charge in [0.15, 0.2) is 11.9 Å². The number of amides is 1. The van der Waals surface area contributed by atoms with Crippen molar-refractivity contribution in [2.45, 2.75) is 26.9 Å². The molecule has 0 fully saturated rings. The molecule has 1 atom stereocenters. The monoisotopic (exact) mass is 441 g/mol. The summed E-state index contributed by atoms with van der Waals surface area (Å²) in [5, 5.41) is 2.68. The van der Waals surface area contributed by atoms with Crippen molar-refractivity contribution in [1.29, 1.82) is 0 Å². The smallest absolute Gasteiger partial charge is 0.338 e. The van der Waals surface area contributed by atoms with Gasteiger partial charge in [-0.25, -0.2) is 9.78 Å². The topological polar surface area (TPSA) is 90.3 Å². The van der Waals surface area contributed by atoms with Gasteiger partial charge in [0.1, 0.15) is 5.82 Å². The highest BCUT2D eigenvalue weighted by atomic mass is 16.5. The Kier molecular flexibility index (Phi) is 6.04. The Morgan fingerprint density at radius 2 is 1.61 bits per heavy atom. The number of Topliss-reactive ketones (excluding diaryl/α,β-unsaturated/α-hetero) is 1. The number of imidazole rings is 1. The number of fused-ring (bicyclic) bond motifs is 1. The van der Waals surface area contributed by atoms with E-state index in [0.717, 1.165) is 17.0 Å². The molecule has 0 radical (unpaired) electrons. The Balaban J connectivity index is 1.47. The molecule has 4 rings (SSSR count). The number of nitrogens with one attached hydrogen (secondary N) is 1. The zero-order valence-electron chi connectivity index (χ0n) is 18.5. The first-order chi connectivity index (χ1) is 15.8. The molecule has 0 unspecified atom stereocenters. The molecular formula is C26H23N3O4. The molecule has 1 amide bonds. The Morgan fingerprint density at radius 1 is 0.939 bits per heavy atom. The largest absolute Gasteiger partial charge is 0.449 e. The highest BCUT2D eigenvalue weighted by molar-refractivity contribution is 5.99. The molecule has 0 saturated carbocycles. The second-order valence-electron chi connectivity index (χ2n) is 7.70. The number of para-hydroxylation sites is 1. The van der Waals surface area contributed by atoms with Gasteiger partial charge in [0.2, 0.25) is 0 Å². The SMILES string of the molecule is CC(=O)c1ccc(NC(=O)[C@H](C)OC(=O)c2ccc3c(c2)nc(C)n3-c2ccccc2)cc1. The van der Waals surface area contributed by atoms with Crippen LogP contribution in [0.2, 0.25) is 0 Å². The number of carbonyl (C=O) groups excluding carboxylic acids is 3. The first-order valence-corrected chi connectivity index (χ1v) is 10.5. The Bertz CT molecular complexity index is 1340. The van der Waals surface area contributed by atoms with Crippen LogP contribution in [0.1, 0.15) is 40.4 Å². The lowest BCUT2D eigenvalue weighted by molar-refractivity contribution is -0.123. The molecule has 0 aliphatic carbocycles. The van der Waals surface area contributed by atoms with Crippen LogP contribution in [0.25, 0.3) is 16.7 Å². The molecule has 33 heavy (non-hydrogen) atoms. The maximum Gasteiger partial charge on any atom is 0.338 e. The molecule has 0 aliphatic rings. The predicted molar refractivity (Wildman–Crippen MR) is 126 cm³/mol. The summed E-state index contributed by atoms with van der Waals surface area (Å²) in [6.07, 6.45) is -1.01. The number of aryl methyl sites for hydroxylation is 1. The zero-order chi connectivity index (χ0) is 23.5. The van der Waals surface area contributed by atoms with Gasteiger partial charge in [-0.15, -0.1) is 0 Å². The zero-order valence-corrected chi connectivity index (χ0v) is 18.5. The first-order valence-electron chi connectivity index (χ1n) is 10.5.